The molecule has 6 heteroatoms. The van der Waals surface area contributed by atoms with Gasteiger partial charge >= 0.3 is 6.18 Å². The maximum absolute atomic E-state index is 12.7. The van der Waals surface area contributed by atoms with Crippen molar-refractivity contribution in [2.24, 2.45) is 0 Å². The van der Waals surface area contributed by atoms with Crippen molar-refractivity contribution in [3.8, 4) is 0 Å². The van der Waals surface area contributed by atoms with Crippen LogP contribution in [0.15, 0.2) is 12.1 Å². The Morgan fingerprint density at radius 3 is 1.80 bits per heavy atom. The van der Waals surface area contributed by atoms with E-state index in [0.717, 1.165) is 13.8 Å². The summed E-state index contributed by atoms with van der Waals surface area (Å²) < 4.78 is 38.0. The Labute approximate surface area is 95.2 Å². The van der Waals surface area contributed by atoms with Crippen molar-refractivity contribution < 1.29 is 13.2 Å². The zero-order valence-corrected chi connectivity index (χ0v) is 9.50. The van der Waals surface area contributed by atoms with E-state index in [2.05, 4.69) is 4.98 Å². The molecule has 0 aromatic carbocycles. The Hall–Kier alpha value is -0.480. The van der Waals surface area contributed by atoms with Gasteiger partial charge in [0.05, 0.1) is 5.41 Å². The van der Waals surface area contributed by atoms with Gasteiger partial charge in [0.2, 0.25) is 0 Å². The minimum atomic E-state index is -4.36. The van der Waals surface area contributed by atoms with E-state index in [0.29, 0.717) is 0 Å². The van der Waals surface area contributed by atoms with Crippen molar-refractivity contribution in [2.75, 3.05) is 0 Å². The van der Waals surface area contributed by atoms with Gasteiger partial charge < -0.3 is 0 Å². The zero-order chi connectivity index (χ0) is 11.9. The van der Waals surface area contributed by atoms with E-state index in [4.69, 9.17) is 23.2 Å². The summed E-state index contributed by atoms with van der Waals surface area (Å²) in [5, 5.41) is -0.0929. The molecule has 0 fully saturated rings. The third kappa shape index (κ3) is 2.55. The molecule has 0 aliphatic heterocycles. The molecule has 1 heterocycles. The monoisotopic (exact) mass is 257 g/mol. The van der Waals surface area contributed by atoms with E-state index in [1.165, 1.54) is 12.1 Å². The molecule has 0 amide bonds. The highest BCUT2D eigenvalue weighted by molar-refractivity contribution is 6.32. The molecule has 84 valence electrons. The van der Waals surface area contributed by atoms with E-state index in [-0.39, 0.29) is 15.9 Å². The van der Waals surface area contributed by atoms with Gasteiger partial charge in [0, 0.05) is 0 Å². The third-order valence-electron chi connectivity index (χ3n) is 2.19. The smallest absolute Gasteiger partial charge is 0.224 e. The highest BCUT2D eigenvalue weighted by Crippen LogP contribution is 2.41. The lowest BCUT2D eigenvalue weighted by Crippen LogP contribution is -2.36. The van der Waals surface area contributed by atoms with Gasteiger partial charge in [-0.05, 0) is 31.5 Å². The van der Waals surface area contributed by atoms with E-state index in [1.807, 2.05) is 0 Å². The summed E-state index contributed by atoms with van der Waals surface area (Å²) in [6.45, 7) is 2.13. The second-order valence-electron chi connectivity index (χ2n) is 3.62. The van der Waals surface area contributed by atoms with Crippen LogP contribution in [0, 0.1) is 0 Å². The first-order valence-electron chi connectivity index (χ1n) is 4.05. The van der Waals surface area contributed by atoms with Crippen LogP contribution in [0.3, 0.4) is 0 Å². The largest absolute Gasteiger partial charge is 0.397 e. The standard InChI is InChI=1S/C9H8Cl2F3N/c1-8(2,9(12,13)14)5-3-6(10)15-7(11)4-5/h3-4H,1-2H3. The van der Waals surface area contributed by atoms with Crippen LogP contribution in [0.5, 0.6) is 0 Å². The molecule has 1 nitrogen and oxygen atoms in total. The van der Waals surface area contributed by atoms with E-state index < -0.39 is 11.6 Å². The Morgan fingerprint density at radius 1 is 1.07 bits per heavy atom. The van der Waals surface area contributed by atoms with Crippen LogP contribution in [0.2, 0.25) is 10.3 Å². The van der Waals surface area contributed by atoms with Crippen molar-refractivity contribution in [2.45, 2.75) is 25.4 Å². The first kappa shape index (κ1) is 12.6. The summed E-state index contributed by atoms with van der Waals surface area (Å²) in [6, 6.07) is 2.34. The van der Waals surface area contributed by atoms with Gasteiger partial charge in [-0.15, -0.1) is 0 Å². The van der Waals surface area contributed by atoms with Crippen LogP contribution < -0.4 is 0 Å². The number of hydrogen-bond donors (Lipinski definition) is 0. The summed E-state index contributed by atoms with van der Waals surface area (Å²) in [5.41, 5.74) is -2.00. The lowest BCUT2D eigenvalue weighted by atomic mass is 9.84. The summed E-state index contributed by atoms with van der Waals surface area (Å²) in [7, 11) is 0. The van der Waals surface area contributed by atoms with Gasteiger partial charge in [-0.1, -0.05) is 23.2 Å². The number of nitrogens with zero attached hydrogens (tertiary/aromatic N) is 1. The van der Waals surface area contributed by atoms with E-state index in [9.17, 15) is 13.2 Å². The lowest BCUT2D eigenvalue weighted by molar-refractivity contribution is -0.180. The molecule has 0 N–H and O–H groups in total. The van der Waals surface area contributed by atoms with Crippen LogP contribution in [0.4, 0.5) is 13.2 Å². The highest BCUT2D eigenvalue weighted by atomic mass is 35.5. The average molecular weight is 258 g/mol. The molecule has 0 aliphatic carbocycles. The van der Waals surface area contributed by atoms with E-state index in [1.54, 1.807) is 0 Å². The van der Waals surface area contributed by atoms with Crippen molar-refractivity contribution in [1.82, 2.24) is 4.98 Å². The SMILES string of the molecule is CC(C)(c1cc(Cl)nc(Cl)c1)C(F)(F)F. The van der Waals surface area contributed by atoms with Gasteiger partial charge in [-0.25, -0.2) is 4.98 Å². The number of aromatic nitrogens is 1. The first-order valence-corrected chi connectivity index (χ1v) is 4.80. The number of hydrogen-bond acceptors (Lipinski definition) is 1. The predicted octanol–water partition coefficient (Wildman–Crippen LogP) is 4.23. The van der Waals surface area contributed by atoms with Gasteiger partial charge in [0.25, 0.3) is 0 Å². The molecule has 0 atom stereocenters. The molecule has 0 bridgehead atoms. The summed E-state index contributed by atoms with van der Waals surface area (Å²) >= 11 is 11.1. The molecular formula is C9H8Cl2F3N. The van der Waals surface area contributed by atoms with E-state index >= 15 is 0 Å². The molecule has 1 aromatic rings. The Kier molecular flexibility index (Phi) is 3.22. The minimum absolute atomic E-state index is 0.000000000000000444. The summed E-state index contributed by atoms with van der Waals surface area (Å²) in [4.78, 5) is 3.59. The molecule has 0 saturated carbocycles. The predicted molar refractivity (Wildman–Crippen MR) is 53.3 cm³/mol. The molecule has 0 radical (unpaired) electrons. The van der Waals surface area contributed by atoms with Gasteiger partial charge in [-0.2, -0.15) is 13.2 Å². The van der Waals surface area contributed by atoms with Crippen LogP contribution in [-0.4, -0.2) is 11.2 Å². The van der Waals surface area contributed by atoms with Crippen LogP contribution >= 0.6 is 23.2 Å². The summed E-state index contributed by atoms with van der Waals surface area (Å²) in [6.07, 6.45) is -4.36. The van der Waals surface area contributed by atoms with Crippen molar-refractivity contribution in [3.63, 3.8) is 0 Å². The molecule has 0 saturated heterocycles. The number of halogens is 5. The normalized spacial score (nSPS) is 13.0. The van der Waals surface area contributed by atoms with Gasteiger partial charge in [0.15, 0.2) is 0 Å². The maximum atomic E-state index is 12.7. The second kappa shape index (κ2) is 3.83. The average Bonchev–Trinajstić information content (AvgIpc) is 1.99. The number of alkyl halides is 3. The third-order valence-corrected chi connectivity index (χ3v) is 2.58. The quantitative estimate of drug-likeness (QED) is 0.687. The molecule has 1 aromatic heterocycles. The molecule has 1 rings (SSSR count). The van der Waals surface area contributed by atoms with Gasteiger partial charge in [0.1, 0.15) is 10.3 Å². The Balaban J connectivity index is 3.27. The molecule has 0 unspecified atom stereocenters. The van der Waals surface area contributed by atoms with Crippen molar-refractivity contribution >= 4 is 23.2 Å². The number of rotatable bonds is 1. The van der Waals surface area contributed by atoms with Crippen LogP contribution in [0.25, 0.3) is 0 Å². The fourth-order valence-electron chi connectivity index (χ4n) is 0.989. The minimum Gasteiger partial charge on any atom is -0.224 e. The summed E-state index contributed by atoms with van der Waals surface area (Å²) in [5.74, 6) is 0. The lowest BCUT2D eigenvalue weighted by Gasteiger charge is -2.28. The van der Waals surface area contributed by atoms with Crippen LogP contribution in [-0.2, 0) is 5.41 Å². The molecular weight excluding hydrogens is 250 g/mol. The fraction of sp³-hybridized carbons (Fsp3) is 0.444. The first-order chi connectivity index (χ1) is 6.64. The fourth-order valence-corrected chi connectivity index (χ4v) is 1.45. The zero-order valence-electron chi connectivity index (χ0n) is 7.99. The topological polar surface area (TPSA) is 12.9 Å². The molecule has 0 spiro atoms. The highest BCUT2D eigenvalue weighted by Gasteiger charge is 2.48. The Morgan fingerprint density at radius 2 is 1.47 bits per heavy atom. The maximum Gasteiger partial charge on any atom is 0.397 e. The van der Waals surface area contributed by atoms with Gasteiger partial charge in [-0.3, -0.25) is 0 Å². The second-order valence-corrected chi connectivity index (χ2v) is 4.40. The molecule has 15 heavy (non-hydrogen) atoms. The van der Waals surface area contributed by atoms with Crippen molar-refractivity contribution in [1.29, 1.82) is 0 Å². The van der Waals surface area contributed by atoms with Crippen LogP contribution in [0.1, 0.15) is 19.4 Å². The Bertz CT molecular complexity index is 354. The van der Waals surface area contributed by atoms with Crippen molar-refractivity contribution in [3.05, 3.63) is 28.0 Å². The number of pyridine rings is 1. The molecule has 0 aliphatic rings.